The van der Waals surface area contributed by atoms with Gasteiger partial charge in [0.2, 0.25) is 0 Å². The molecule has 8 heteroatoms. The van der Waals surface area contributed by atoms with Crippen molar-refractivity contribution in [2.24, 2.45) is 4.99 Å². The van der Waals surface area contributed by atoms with E-state index in [1.807, 2.05) is 14.0 Å². The Morgan fingerprint density at radius 1 is 1.31 bits per heavy atom. The Balaban J connectivity index is 2.07. The minimum Gasteiger partial charge on any atom is -0.382 e. The second kappa shape index (κ2) is 11.1. The van der Waals surface area contributed by atoms with Gasteiger partial charge < -0.3 is 16.0 Å². The molecule has 0 aliphatic rings. The van der Waals surface area contributed by atoms with Gasteiger partial charge in [0.1, 0.15) is 23.3 Å². The molecule has 0 amide bonds. The zero-order valence-corrected chi connectivity index (χ0v) is 17.5. The van der Waals surface area contributed by atoms with E-state index >= 15 is 0 Å². The predicted octanol–water partition coefficient (Wildman–Crippen LogP) is 3.10. The first-order chi connectivity index (χ1) is 14.0. The first-order valence-electron chi connectivity index (χ1n) is 10.0. The minimum atomic E-state index is -0.335. The topological polar surface area (TPSA) is 95.3 Å². The van der Waals surface area contributed by atoms with Crippen LogP contribution in [0.2, 0.25) is 0 Å². The number of unbranched alkanes of at least 4 members (excludes halogenated alkanes) is 1. The monoisotopic (exact) mass is 399 g/mol. The Kier molecular flexibility index (Phi) is 8.46. The third-order valence-corrected chi connectivity index (χ3v) is 4.55. The number of nitriles is 1. The summed E-state index contributed by atoms with van der Waals surface area (Å²) >= 11 is 0. The first-order valence-corrected chi connectivity index (χ1v) is 10.0. The van der Waals surface area contributed by atoms with Gasteiger partial charge in [0.15, 0.2) is 5.96 Å². The van der Waals surface area contributed by atoms with Gasteiger partial charge in [-0.05, 0) is 50.5 Å². The molecule has 2 rings (SSSR count). The molecule has 1 heterocycles. The van der Waals surface area contributed by atoms with E-state index in [9.17, 15) is 9.65 Å². The fourth-order valence-corrected chi connectivity index (χ4v) is 2.96. The number of aliphatic imine (C=N–C) groups is 1. The highest BCUT2D eigenvalue weighted by Crippen LogP contribution is 2.21. The van der Waals surface area contributed by atoms with E-state index in [0.717, 1.165) is 38.3 Å². The van der Waals surface area contributed by atoms with Crippen molar-refractivity contribution < 1.29 is 4.39 Å². The molecule has 0 radical (unpaired) electrons. The van der Waals surface area contributed by atoms with E-state index in [1.54, 1.807) is 12.1 Å². The summed E-state index contributed by atoms with van der Waals surface area (Å²) in [5, 5.41) is 17.3. The van der Waals surface area contributed by atoms with Crippen LogP contribution in [0.4, 0.5) is 10.2 Å². The van der Waals surface area contributed by atoms with Crippen molar-refractivity contribution >= 4 is 11.8 Å². The molecule has 0 bridgehead atoms. The third kappa shape index (κ3) is 5.95. The molecule has 0 unspecified atom stereocenters. The lowest BCUT2D eigenvalue weighted by Gasteiger charge is -2.21. The number of nitrogens with two attached hydrogens (primary N) is 1. The van der Waals surface area contributed by atoms with Gasteiger partial charge in [0.05, 0.1) is 11.4 Å². The average Bonchev–Trinajstić information content (AvgIpc) is 3.04. The summed E-state index contributed by atoms with van der Waals surface area (Å²) < 4.78 is 14.7. The van der Waals surface area contributed by atoms with E-state index in [-0.39, 0.29) is 11.6 Å². The zero-order valence-electron chi connectivity index (χ0n) is 17.5. The first kappa shape index (κ1) is 22.2. The second-order valence-electron chi connectivity index (χ2n) is 6.82. The van der Waals surface area contributed by atoms with Crippen molar-refractivity contribution in [3.63, 3.8) is 0 Å². The molecule has 0 saturated heterocycles. The highest BCUT2D eigenvalue weighted by atomic mass is 19.1. The van der Waals surface area contributed by atoms with Crippen molar-refractivity contribution in [1.82, 2.24) is 20.0 Å². The highest BCUT2D eigenvalue weighted by molar-refractivity contribution is 5.79. The molecule has 7 nitrogen and oxygen atoms in total. The molecule has 3 N–H and O–H groups in total. The molecule has 29 heavy (non-hydrogen) atoms. The van der Waals surface area contributed by atoms with Crippen LogP contribution >= 0.6 is 0 Å². The van der Waals surface area contributed by atoms with Crippen LogP contribution in [0, 0.1) is 17.1 Å². The van der Waals surface area contributed by atoms with Gasteiger partial charge in [-0.25, -0.2) is 9.07 Å². The van der Waals surface area contributed by atoms with Crippen LogP contribution in [0.1, 0.15) is 44.4 Å². The highest BCUT2D eigenvalue weighted by Gasteiger charge is 2.16. The number of benzene rings is 1. The van der Waals surface area contributed by atoms with Crippen LogP contribution in [0.3, 0.4) is 0 Å². The normalized spacial score (nSPS) is 11.3. The SMILES string of the molecule is CCCCN(C)C(=NCCCc1nn(-c2ccc(F)cc2)c(N)c1C#N)NCC. The summed E-state index contributed by atoms with van der Waals surface area (Å²) in [6.45, 7) is 6.60. The van der Waals surface area contributed by atoms with Gasteiger partial charge in [-0.3, -0.25) is 4.99 Å². The molecule has 0 saturated carbocycles. The Labute approximate surface area is 172 Å². The molecule has 0 atom stereocenters. The molecule has 1 aromatic carbocycles. The number of anilines is 1. The van der Waals surface area contributed by atoms with E-state index in [1.165, 1.54) is 16.8 Å². The Morgan fingerprint density at radius 2 is 2.03 bits per heavy atom. The lowest BCUT2D eigenvalue weighted by molar-refractivity contribution is 0.464. The number of aromatic nitrogens is 2. The summed E-state index contributed by atoms with van der Waals surface area (Å²) in [6.07, 6.45) is 3.58. The van der Waals surface area contributed by atoms with Gasteiger partial charge >= 0.3 is 0 Å². The van der Waals surface area contributed by atoms with E-state index in [0.29, 0.717) is 29.9 Å². The number of hydrogen-bond donors (Lipinski definition) is 2. The Bertz CT molecular complexity index is 849. The third-order valence-electron chi connectivity index (χ3n) is 4.55. The standard InChI is InChI=1S/C21H30FN7/c1-4-6-14-28(3)21(25-5-2)26-13-7-8-19-18(15-23)20(24)29(27-19)17-11-9-16(22)10-12-17/h9-12H,4-8,13-14,24H2,1-3H3,(H,25,26). The zero-order chi connectivity index (χ0) is 21.2. The molecule has 0 fully saturated rings. The fraction of sp³-hybridized carbons (Fsp3) is 0.476. The number of hydrogen-bond acceptors (Lipinski definition) is 4. The number of aryl methyl sites for hydroxylation is 1. The van der Waals surface area contributed by atoms with Crippen LogP contribution in [0.25, 0.3) is 5.69 Å². The Morgan fingerprint density at radius 3 is 2.66 bits per heavy atom. The molecule has 0 spiro atoms. The second-order valence-corrected chi connectivity index (χ2v) is 6.82. The van der Waals surface area contributed by atoms with E-state index in [4.69, 9.17) is 5.73 Å². The smallest absolute Gasteiger partial charge is 0.193 e. The van der Waals surface area contributed by atoms with E-state index in [2.05, 4.69) is 33.3 Å². The summed E-state index contributed by atoms with van der Waals surface area (Å²) in [5.74, 6) is 0.821. The van der Waals surface area contributed by atoms with Crippen LogP contribution in [-0.4, -0.2) is 47.3 Å². The van der Waals surface area contributed by atoms with Gasteiger partial charge in [-0.15, -0.1) is 0 Å². The molecular weight excluding hydrogens is 369 g/mol. The maximum Gasteiger partial charge on any atom is 0.193 e. The maximum atomic E-state index is 13.2. The number of nitrogens with zero attached hydrogens (tertiary/aromatic N) is 5. The summed E-state index contributed by atoms with van der Waals surface area (Å²) in [5.41, 5.74) is 7.72. The Hall–Kier alpha value is -3.08. The van der Waals surface area contributed by atoms with Crippen LogP contribution in [-0.2, 0) is 6.42 Å². The fourth-order valence-electron chi connectivity index (χ4n) is 2.96. The van der Waals surface area contributed by atoms with Gasteiger partial charge in [0.25, 0.3) is 0 Å². The molecule has 1 aromatic heterocycles. The number of nitrogen functional groups attached to an aromatic ring is 1. The van der Waals surface area contributed by atoms with Crippen molar-refractivity contribution in [3.05, 3.63) is 41.3 Å². The summed E-state index contributed by atoms with van der Waals surface area (Å²) in [7, 11) is 2.04. The number of guanidine groups is 1. The minimum absolute atomic E-state index is 0.269. The van der Waals surface area contributed by atoms with Gasteiger partial charge in [0, 0.05) is 26.7 Å². The van der Waals surface area contributed by atoms with Crippen molar-refractivity contribution in [2.75, 3.05) is 32.4 Å². The van der Waals surface area contributed by atoms with Crippen LogP contribution in [0.15, 0.2) is 29.3 Å². The average molecular weight is 400 g/mol. The van der Waals surface area contributed by atoms with Gasteiger partial charge in [-0.1, -0.05) is 13.3 Å². The van der Waals surface area contributed by atoms with Crippen molar-refractivity contribution in [1.29, 1.82) is 5.26 Å². The lowest BCUT2D eigenvalue weighted by atomic mass is 10.1. The molecule has 2 aromatic rings. The summed E-state index contributed by atoms with van der Waals surface area (Å²) in [6, 6.07) is 7.99. The number of rotatable bonds is 9. The van der Waals surface area contributed by atoms with Crippen LogP contribution < -0.4 is 11.1 Å². The number of nitrogens with one attached hydrogen (secondary N) is 1. The van der Waals surface area contributed by atoms with Gasteiger partial charge in [-0.2, -0.15) is 10.4 Å². The van der Waals surface area contributed by atoms with Crippen molar-refractivity contribution in [2.45, 2.75) is 39.5 Å². The maximum absolute atomic E-state index is 13.2. The van der Waals surface area contributed by atoms with Crippen molar-refractivity contribution in [3.8, 4) is 11.8 Å². The predicted molar refractivity (Wildman–Crippen MR) is 114 cm³/mol. The molecule has 0 aliphatic heterocycles. The van der Waals surface area contributed by atoms with E-state index < -0.39 is 0 Å². The van der Waals surface area contributed by atoms with Crippen LogP contribution in [0.5, 0.6) is 0 Å². The molecule has 0 aliphatic carbocycles. The molecular formula is C21H30FN7. The summed E-state index contributed by atoms with van der Waals surface area (Å²) in [4.78, 5) is 6.81. The number of halogens is 1. The molecule has 156 valence electrons. The largest absolute Gasteiger partial charge is 0.382 e. The quantitative estimate of drug-likeness (QED) is 0.384. The lowest BCUT2D eigenvalue weighted by Crippen LogP contribution is -2.39.